The van der Waals surface area contributed by atoms with Crippen LogP contribution in [0.2, 0.25) is 0 Å². The summed E-state index contributed by atoms with van der Waals surface area (Å²) in [6.45, 7) is -0.900. The van der Waals surface area contributed by atoms with Crippen LogP contribution in [0.25, 0.3) is 22.3 Å². The van der Waals surface area contributed by atoms with Gasteiger partial charge in [-0.05, 0) is 4.57 Å². The van der Waals surface area contributed by atoms with E-state index in [9.17, 15) is 24.2 Å². The van der Waals surface area contributed by atoms with E-state index >= 15 is 0 Å². The van der Waals surface area contributed by atoms with Gasteiger partial charge in [0.15, 0.2) is 35.3 Å². The zero-order chi connectivity index (χ0) is 29.5. The lowest BCUT2D eigenvalue weighted by molar-refractivity contribution is -0.188. The van der Waals surface area contributed by atoms with Crippen LogP contribution >= 0.6 is 16.5 Å². The van der Waals surface area contributed by atoms with E-state index in [1.54, 1.807) is 4.57 Å². The number of rotatable bonds is 10. The van der Waals surface area contributed by atoms with Crippen LogP contribution in [0.4, 0.5) is 11.6 Å². The summed E-state index contributed by atoms with van der Waals surface area (Å²) in [6, 6.07) is 0. The van der Waals surface area contributed by atoms with E-state index in [0.717, 1.165) is 0 Å². The maximum Gasteiger partial charge on any atom is 0.697 e. The van der Waals surface area contributed by atoms with Crippen LogP contribution in [0.5, 0.6) is 0 Å². The average Bonchev–Trinajstić information content (AvgIpc) is 3.73. The molecule has 0 radical (unpaired) electrons. The van der Waals surface area contributed by atoms with Crippen LogP contribution in [0.1, 0.15) is 18.9 Å². The van der Waals surface area contributed by atoms with Crippen molar-refractivity contribution in [1.29, 1.82) is 0 Å². The smallest absolute Gasteiger partial charge is 0.566 e. The Morgan fingerprint density at radius 1 is 0.905 bits per heavy atom. The monoisotopic (exact) mass is 625 g/mol. The van der Waals surface area contributed by atoms with Gasteiger partial charge in [-0.15, -0.1) is 13.6 Å². The molecule has 6 rings (SSSR count). The van der Waals surface area contributed by atoms with E-state index < -0.39 is 66.1 Å². The minimum atomic E-state index is -3.26. The lowest BCUT2D eigenvalue weighted by atomic mass is 10.1. The third-order valence-electron chi connectivity index (χ3n) is 6.77. The summed E-state index contributed by atoms with van der Waals surface area (Å²) in [5.74, 6) is 0.284. The molecule has 2 saturated heterocycles. The first-order valence-corrected chi connectivity index (χ1v) is 14.5. The van der Waals surface area contributed by atoms with Crippen molar-refractivity contribution in [1.82, 2.24) is 39.0 Å². The van der Waals surface area contributed by atoms with Crippen molar-refractivity contribution >= 4 is 50.5 Å². The van der Waals surface area contributed by atoms with Crippen LogP contribution in [-0.2, 0) is 32.2 Å². The number of fused-ring (bicyclic) bond motifs is 2. The van der Waals surface area contributed by atoms with Gasteiger partial charge in [-0.25, -0.2) is 29.9 Å². The van der Waals surface area contributed by atoms with Crippen LogP contribution in [0.3, 0.4) is 0 Å². The Balaban J connectivity index is 1.11. The third kappa shape index (κ3) is 5.40. The molecule has 9 unspecified atom stereocenters. The molecule has 0 bridgehead atoms. The van der Waals surface area contributed by atoms with E-state index in [-0.39, 0.29) is 35.8 Å². The highest BCUT2D eigenvalue weighted by Gasteiger charge is 2.52. The zero-order valence-corrected chi connectivity index (χ0v) is 23.0. The molecule has 20 nitrogen and oxygen atoms in total. The van der Waals surface area contributed by atoms with Gasteiger partial charge < -0.3 is 36.0 Å². The van der Waals surface area contributed by atoms with Crippen LogP contribution < -0.4 is 16.4 Å². The van der Waals surface area contributed by atoms with Crippen molar-refractivity contribution in [3.8, 4) is 0 Å². The molecule has 6 heterocycles. The highest BCUT2D eigenvalue weighted by atomic mass is 31.1. The summed E-state index contributed by atoms with van der Waals surface area (Å²) >= 11 is 0. The van der Waals surface area contributed by atoms with E-state index in [2.05, 4.69) is 34.4 Å². The number of nitrogens with zero attached hydrogens (tertiary/aromatic N) is 8. The molecule has 0 amide bonds. The van der Waals surface area contributed by atoms with Gasteiger partial charge in [0.2, 0.25) is 0 Å². The molecule has 0 spiro atoms. The predicted molar refractivity (Wildman–Crippen MR) is 136 cm³/mol. The van der Waals surface area contributed by atoms with Crippen molar-refractivity contribution in [2.45, 2.75) is 49.4 Å². The number of nitrogen functional groups attached to an aromatic ring is 2. The van der Waals surface area contributed by atoms with Crippen LogP contribution in [0.15, 0.2) is 25.3 Å². The average molecular weight is 625 g/mol. The fraction of sp³-hybridized carbons (Fsp3) is 0.500. The van der Waals surface area contributed by atoms with Crippen molar-refractivity contribution in [3.63, 3.8) is 0 Å². The van der Waals surface area contributed by atoms with Crippen molar-refractivity contribution in [2.24, 2.45) is 0 Å². The van der Waals surface area contributed by atoms with Gasteiger partial charge in [0.25, 0.3) is 0 Å². The van der Waals surface area contributed by atoms with E-state index in [0.29, 0.717) is 11.2 Å². The molecule has 2 fully saturated rings. The quantitative estimate of drug-likeness (QED) is 0.151. The second-order valence-electron chi connectivity index (χ2n) is 9.26. The van der Waals surface area contributed by atoms with Crippen LogP contribution in [-0.4, -0.2) is 93.0 Å². The molecular weight excluding hydrogens is 602 g/mol. The fourth-order valence-electron chi connectivity index (χ4n) is 4.79. The first-order valence-electron chi connectivity index (χ1n) is 12.3. The molecule has 4 aromatic rings. The van der Waals surface area contributed by atoms with Gasteiger partial charge in [0.1, 0.15) is 61.4 Å². The number of aromatic nitrogens is 8. The standard InChI is InChI=1S/C20H23N10O10P2/c21-16-12-18(25-4-23-16)29(6-27-12)11-1-8(31)9(38-11)2-37-42(35)40-15-10(3-36-41(33)34)39-20(14(15)32)30-7-28-13-17(22)24-5-26-19(13)30/h4-11,14-15,20,31-32H,1-3H2,(H2,21,23,25)(H2,22,24,26)/q+1. The number of nitrogens with two attached hydrogens (primary N) is 2. The largest absolute Gasteiger partial charge is 0.697 e. The minimum Gasteiger partial charge on any atom is -0.566 e. The molecule has 9 atom stereocenters. The summed E-state index contributed by atoms with van der Waals surface area (Å²) in [5.41, 5.74) is 12.9. The summed E-state index contributed by atoms with van der Waals surface area (Å²) in [6.07, 6.45) is -2.45. The summed E-state index contributed by atoms with van der Waals surface area (Å²) < 4.78 is 53.9. The maximum absolute atomic E-state index is 12.8. The van der Waals surface area contributed by atoms with Gasteiger partial charge in [-0.1, -0.05) is 0 Å². The van der Waals surface area contributed by atoms with Gasteiger partial charge in [0.05, 0.1) is 18.8 Å². The van der Waals surface area contributed by atoms with Gasteiger partial charge in [0, 0.05) is 11.0 Å². The Labute approximate surface area is 236 Å². The maximum atomic E-state index is 12.8. The molecule has 6 N–H and O–H groups in total. The number of ether oxygens (including phenoxy) is 2. The number of anilines is 2. The van der Waals surface area contributed by atoms with E-state index in [4.69, 9.17) is 30.0 Å². The second kappa shape index (κ2) is 11.7. The van der Waals surface area contributed by atoms with Crippen molar-refractivity contribution in [2.75, 3.05) is 24.7 Å². The van der Waals surface area contributed by atoms with Crippen molar-refractivity contribution < 1.29 is 47.3 Å². The molecule has 222 valence electrons. The summed E-state index contributed by atoms with van der Waals surface area (Å²) in [5, 5.41) is 21.6. The van der Waals surface area contributed by atoms with Crippen molar-refractivity contribution in [3.05, 3.63) is 25.3 Å². The Bertz CT molecular complexity index is 1640. The topological polar surface area (TPSA) is 283 Å². The van der Waals surface area contributed by atoms with E-state index in [1.807, 2.05) is 0 Å². The molecule has 42 heavy (non-hydrogen) atoms. The Kier molecular flexibility index (Phi) is 7.99. The highest BCUT2D eigenvalue weighted by Crippen LogP contribution is 2.40. The van der Waals surface area contributed by atoms with Crippen LogP contribution in [0, 0.1) is 0 Å². The third-order valence-corrected chi connectivity index (χ3v) is 7.90. The molecular formula is C20H23N10O10P2+. The molecule has 2 aliphatic heterocycles. The SMILES string of the molecule is Nc1ncnc2c1ncn2C1CC(O)C(CO[P+](=O)OC2C(CO[P+](=O)[O-])OC(n3cnc4c(N)ncnc43)C2O)O1. The van der Waals surface area contributed by atoms with Gasteiger partial charge in [-0.2, -0.15) is 0 Å². The molecule has 0 aliphatic carbocycles. The first kappa shape index (κ1) is 28.7. The molecule has 0 saturated carbocycles. The Morgan fingerprint density at radius 3 is 2.19 bits per heavy atom. The van der Waals surface area contributed by atoms with Gasteiger partial charge in [-0.3, -0.25) is 9.13 Å². The fourth-order valence-corrected chi connectivity index (χ4v) is 5.84. The number of aliphatic hydroxyl groups excluding tert-OH is 2. The van der Waals surface area contributed by atoms with E-state index in [1.165, 1.54) is 29.9 Å². The second-order valence-corrected chi connectivity index (χ2v) is 10.9. The number of aliphatic hydroxyl groups is 2. The Hall–Kier alpha value is -3.42. The minimum absolute atomic E-state index is 0.0935. The summed E-state index contributed by atoms with van der Waals surface area (Å²) in [7, 11) is -6.19. The Morgan fingerprint density at radius 2 is 1.52 bits per heavy atom. The highest BCUT2D eigenvalue weighted by molar-refractivity contribution is 7.33. The molecule has 22 heteroatoms. The number of hydrogen-bond acceptors (Lipinski definition) is 18. The molecule has 2 aliphatic rings. The lowest BCUT2D eigenvalue weighted by Gasteiger charge is -2.16. The number of hydrogen-bond donors (Lipinski definition) is 4. The molecule has 4 aromatic heterocycles. The molecule has 0 aromatic carbocycles. The number of imidazole rings is 2. The first-order chi connectivity index (χ1) is 20.2. The lowest BCUT2D eigenvalue weighted by Crippen LogP contribution is -2.35. The normalized spacial score (nSPS) is 28.6. The zero-order valence-electron chi connectivity index (χ0n) is 21.3. The predicted octanol–water partition coefficient (Wildman–Crippen LogP) is -1.17. The van der Waals surface area contributed by atoms with Gasteiger partial charge >= 0.3 is 16.5 Å². The summed E-state index contributed by atoms with van der Waals surface area (Å²) in [4.78, 5) is 35.4.